The zero-order chi connectivity index (χ0) is 21.0. The van der Waals surface area contributed by atoms with Gasteiger partial charge >= 0.3 is 0 Å². The highest BCUT2D eigenvalue weighted by molar-refractivity contribution is 6.29. The van der Waals surface area contributed by atoms with Crippen molar-refractivity contribution < 1.29 is 19.1 Å². The first kappa shape index (κ1) is 20.5. The summed E-state index contributed by atoms with van der Waals surface area (Å²) in [5, 5.41) is 0. The molecular formula is C22H25N3O4. The quantitative estimate of drug-likeness (QED) is 0.532. The number of anilines is 1. The predicted molar refractivity (Wildman–Crippen MR) is 112 cm³/mol. The molecule has 2 aromatic carbocycles. The van der Waals surface area contributed by atoms with Crippen LogP contribution < -0.4 is 14.4 Å². The normalized spacial score (nSPS) is 16.4. The molecule has 2 aromatic rings. The van der Waals surface area contributed by atoms with Crippen LogP contribution in [0.5, 0.6) is 11.5 Å². The molecule has 7 heteroatoms. The van der Waals surface area contributed by atoms with Gasteiger partial charge in [-0.2, -0.15) is 0 Å². The van der Waals surface area contributed by atoms with Gasteiger partial charge in [-0.25, -0.2) is 4.90 Å². The Morgan fingerprint density at radius 3 is 2.48 bits per heavy atom. The number of methoxy groups -OCH3 is 2. The number of fused-ring (bicyclic) bond motifs is 1. The van der Waals surface area contributed by atoms with E-state index in [1.807, 2.05) is 25.1 Å². The highest BCUT2D eigenvalue weighted by Gasteiger charge is 2.39. The molecule has 0 aromatic heterocycles. The number of likely N-dealkylation sites (N-methyl/N-ethyl adjacent to an activating group) is 1. The minimum absolute atomic E-state index is 0.338. The van der Waals surface area contributed by atoms with Crippen molar-refractivity contribution in [3.05, 3.63) is 53.6 Å². The lowest BCUT2D eigenvalue weighted by molar-refractivity contribution is -0.118. The molecule has 1 atom stereocenters. The molecule has 0 spiro atoms. The second-order valence-electron chi connectivity index (χ2n) is 6.94. The van der Waals surface area contributed by atoms with Gasteiger partial charge in [0.2, 0.25) is 5.91 Å². The van der Waals surface area contributed by atoms with E-state index >= 15 is 0 Å². The van der Waals surface area contributed by atoms with Gasteiger partial charge in [0.15, 0.2) is 11.5 Å². The molecule has 0 saturated carbocycles. The Morgan fingerprint density at radius 2 is 1.79 bits per heavy atom. The van der Waals surface area contributed by atoms with Gasteiger partial charge in [0.25, 0.3) is 5.91 Å². The topological polar surface area (TPSA) is 71.4 Å². The fraction of sp³-hybridized carbons (Fsp3) is 0.318. The number of benzene rings is 2. The monoisotopic (exact) mass is 395 g/mol. The van der Waals surface area contributed by atoms with Crippen LogP contribution in [0, 0.1) is 0 Å². The van der Waals surface area contributed by atoms with Crippen molar-refractivity contribution in [2.45, 2.75) is 5.92 Å². The fourth-order valence-corrected chi connectivity index (χ4v) is 3.25. The van der Waals surface area contributed by atoms with Crippen LogP contribution in [0.2, 0.25) is 0 Å². The standard InChI is InChI=1S/C22H25N3O4/c1-24(2)12-11-23-14-18-16-7-5-6-8-17(16)21(26)25(22(18)27)15-9-10-19(28-3)20(13-15)29-4/h5-10,13-14,18H,11-12H2,1-4H3. The molecule has 0 radical (unpaired) electrons. The molecule has 7 nitrogen and oxygen atoms in total. The van der Waals surface area contributed by atoms with Crippen molar-refractivity contribution in [2.24, 2.45) is 4.99 Å². The van der Waals surface area contributed by atoms with Crippen molar-refractivity contribution in [1.29, 1.82) is 0 Å². The Hall–Kier alpha value is -3.19. The maximum Gasteiger partial charge on any atom is 0.265 e. The van der Waals surface area contributed by atoms with Crippen molar-refractivity contribution >= 4 is 23.7 Å². The Balaban J connectivity index is 2.01. The number of amides is 2. The highest BCUT2D eigenvalue weighted by Crippen LogP contribution is 2.36. The van der Waals surface area contributed by atoms with Crippen molar-refractivity contribution in [3.8, 4) is 11.5 Å². The van der Waals surface area contributed by atoms with Gasteiger partial charge in [-0.15, -0.1) is 0 Å². The first-order valence-corrected chi connectivity index (χ1v) is 9.31. The van der Waals surface area contributed by atoms with Crippen molar-refractivity contribution in [1.82, 2.24) is 4.90 Å². The Bertz CT molecular complexity index is 939. The molecule has 1 unspecified atom stereocenters. The molecule has 0 fully saturated rings. The number of aliphatic imine (C=N–C) groups is 1. The number of hydrogen-bond donors (Lipinski definition) is 0. The Labute approximate surface area is 170 Å². The van der Waals surface area contributed by atoms with E-state index in [-0.39, 0.29) is 11.8 Å². The Kier molecular flexibility index (Phi) is 6.29. The maximum atomic E-state index is 13.3. The molecule has 29 heavy (non-hydrogen) atoms. The van der Waals surface area contributed by atoms with Gasteiger partial charge in [0.1, 0.15) is 0 Å². The second-order valence-corrected chi connectivity index (χ2v) is 6.94. The van der Waals surface area contributed by atoms with Gasteiger partial charge in [0.05, 0.1) is 32.4 Å². The minimum atomic E-state index is -0.626. The number of hydrogen-bond acceptors (Lipinski definition) is 6. The van der Waals surface area contributed by atoms with Crippen LogP contribution >= 0.6 is 0 Å². The summed E-state index contributed by atoms with van der Waals surface area (Å²) in [6.07, 6.45) is 1.64. The largest absolute Gasteiger partial charge is 0.493 e. The average Bonchev–Trinajstić information content (AvgIpc) is 2.72. The summed E-state index contributed by atoms with van der Waals surface area (Å²) in [5.74, 6) is -0.361. The summed E-state index contributed by atoms with van der Waals surface area (Å²) in [6.45, 7) is 1.35. The van der Waals surface area contributed by atoms with E-state index in [2.05, 4.69) is 4.99 Å². The van der Waals surface area contributed by atoms with Gasteiger partial charge in [-0.3, -0.25) is 14.6 Å². The lowest BCUT2D eigenvalue weighted by Crippen LogP contribution is -2.45. The number of ether oxygens (including phenoxy) is 2. The van der Waals surface area contributed by atoms with Crippen molar-refractivity contribution in [3.63, 3.8) is 0 Å². The van der Waals surface area contributed by atoms with E-state index in [0.717, 1.165) is 6.54 Å². The van der Waals surface area contributed by atoms with Crippen LogP contribution in [-0.4, -0.2) is 64.3 Å². The molecule has 1 aliphatic heterocycles. The van der Waals surface area contributed by atoms with Crippen LogP contribution in [0.1, 0.15) is 21.8 Å². The van der Waals surface area contributed by atoms with E-state index in [1.54, 1.807) is 42.6 Å². The van der Waals surface area contributed by atoms with Crippen LogP contribution in [0.4, 0.5) is 5.69 Å². The summed E-state index contributed by atoms with van der Waals surface area (Å²) in [5.41, 5.74) is 1.60. The van der Waals surface area contributed by atoms with E-state index in [9.17, 15) is 9.59 Å². The molecule has 152 valence electrons. The van der Waals surface area contributed by atoms with Crippen molar-refractivity contribution in [2.75, 3.05) is 46.3 Å². The van der Waals surface area contributed by atoms with Gasteiger partial charge in [-0.05, 0) is 37.9 Å². The first-order chi connectivity index (χ1) is 14.0. The van der Waals surface area contributed by atoms with Gasteiger partial charge < -0.3 is 14.4 Å². The summed E-state index contributed by atoms with van der Waals surface area (Å²) in [6, 6.07) is 12.1. The maximum absolute atomic E-state index is 13.3. The van der Waals surface area contributed by atoms with Crippen LogP contribution in [0.25, 0.3) is 0 Å². The van der Waals surface area contributed by atoms with E-state index in [1.165, 1.54) is 19.1 Å². The average molecular weight is 395 g/mol. The highest BCUT2D eigenvalue weighted by atomic mass is 16.5. The summed E-state index contributed by atoms with van der Waals surface area (Å²) in [7, 11) is 6.98. The SMILES string of the molecule is COc1ccc(N2C(=O)c3ccccc3C(C=NCCN(C)C)C2=O)cc1OC. The molecule has 1 heterocycles. The zero-order valence-electron chi connectivity index (χ0n) is 17.1. The lowest BCUT2D eigenvalue weighted by atomic mass is 9.89. The fourth-order valence-electron chi connectivity index (χ4n) is 3.25. The number of rotatable bonds is 7. The van der Waals surface area contributed by atoms with Gasteiger partial charge in [0, 0.05) is 24.4 Å². The smallest absolute Gasteiger partial charge is 0.265 e. The van der Waals surface area contributed by atoms with E-state index in [0.29, 0.717) is 34.9 Å². The predicted octanol–water partition coefficient (Wildman–Crippen LogP) is 2.61. The first-order valence-electron chi connectivity index (χ1n) is 9.31. The molecule has 0 aliphatic carbocycles. The number of imide groups is 1. The van der Waals surface area contributed by atoms with Crippen LogP contribution in [-0.2, 0) is 4.79 Å². The van der Waals surface area contributed by atoms with E-state index in [4.69, 9.17) is 9.47 Å². The van der Waals surface area contributed by atoms with Crippen LogP contribution in [0.3, 0.4) is 0 Å². The number of carbonyl (C=O) groups is 2. The van der Waals surface area contributed by atoms with Gasteiger partial charge in [-0.1, -0.05) is 18.2 Å². The number of carbonyl (C=O) groups excluding carboxylic acids is 2. The lowest BCUT2D eigenvalue weighted by Gasteiger charge is -2.31. The third-order valence-electron chi connectivity index (χ3n) is 4.77. The molecule has 1 aliphatic rings. The van der Waals surface area contributed by atoms with E-state index < -0.39 is 5.92 Å². The molecule has 3 rings (SSSR count). The Morgan fingerprint density at radius 1 is 1.07 bits per heavy atom. The minimum Gasteiger partial charge on any atom is -0.493 e. The summed E-state index contributed by atoms with van der Waals surface area (Å²) in [4.78, 5) is 34.1. The summed E-state index contributed by atoms with van der Waals surface area (Å²) < 4.78 is 10.6. The second kappa shape index (κ2) is 8.87. The third-order valence-corrected chi connectivity index (χ3v) is 4.77. The summed E-state index contributed by atoms with van der Waals surface area (Å²) >= 11 is 0. The van der Waals surface area contributed by atoms with Crippen LogP contribution in [0.15, 0.2) is 47.5 Å². The third kappa shape index (κ3) is 4.14. The number of nitrogens with zero attached hydrogens (tertiary/aromatic N) is 3. The molecule has 2 amide bonds. The zero-order valence-corrected chi connectivity index (χ0v) is 17.1. The molecule has 0 bridgehead atoms. The molecular weight excluding hydrogens is 370 g/mol. The molecule has 0 saturated heterocycles. The molecule has 0 N–H and O–H groups in total.